The second-order valence-corrected chi connectivity index (χ2v) is 5.45. The van der Waals surface area contributed by atoms with Crippen LogP contribution in [0.5, 0.6) is 5.75 Å². The lowest BCUT2D eigenvalue weighted by Gasteiger charge is -2.14. The maximum Gasteiger partial charge on any atom is 0.244 e. The third-order valence-electron chi connectivity index (χ3n) is 2.98. The lowest BCUT2D eigenvalue weighted by atomic mass is 10.1. The lowest BCUT2D eigenvalue weighted by molar-refractivity contribution is -0.117. The number of amides is 1. The van der Waals surface area contributed by atoms with Gasteiger partial charge in [0.05, 0.1) is 13.2 Å². The van der Waals surface area contributed by atoms with Crippen LogP contribution in [-0.4, -0.2) is 13.0 Å². The van der Waals surface area contributed by atoms with E-state index in [0.717, 1.165) is 4.88 Å². The molecule has 0 saturated heterocycles. The smallest absolute Gasteiger partial charge is 0.244 e. The fourth-order valence-corrected chi connectivity index (χ4v) is 2.46. The molecule has 0 aliphatic rings. The first-order chi connectivity index (χ1) is 10.1. The van der Waals surface area contributed by atoms with Crippen LogP contribution in [0.4, 0.5) is 4.39 Å². The largest absolute Gasteiger partial charge is 0.494 e. The third-order valence-corrected chi connectivity index (χ3v) is 3.81. The van der Waals surface area contributed by atoms with Gasteiger partial charge in [0, 0.05) is 11.0 Å². The number of thiophene rings is 1. The van der Waals surface area contributed by atoms with E-state index >= 15 is 0 Å². The summed E-state index contributed by atoms with van der Waals surface area (Å²) in [4.78, 5) is 12.8. The van der Waals surface area contributed by atoms with E-state index in [1.807, 2.05) is 17.5 Å². The Labute approximate surface area is 127 Å². The molecule has 1 N–H and O–H groups in total. The van der Waals surface area contributed by atoms with Gasteiger partial charge in [0.15, 0.2) is 11.6 Å². The van der Waals surface area contributed by atoms with Crippen molar-refractivity contribution in [1.29, 1.82) is 0 Å². The summed E-state index contributed by atoms with van der Waals surface area (Å²) in [6, 6.07) is 8.21. The van der Waals surface area contributed by atoms with E-state index in [1.54, 1.807) is 36.5 Å². The highest BCUT2D eigenvalue weighted by molar-refractivity contribution is 7.10. The van der Waals surface area contributed by atoms with Gasteiger partial charge in [-0.25, -0.2) is 4.39 Å². The van der Waals surface area contributed by atoms with Crippen LogP contribution in [0.1, 0.15) is 23.4 Å². The number of hydrogen-bond acceptors (Lipinski definition) is 3. The minimum absolute atomic E-state index is 0.190. The van der Waals surface area contributed by atoms with Gasteiger partial charge in [0.25, 0.3) is 0 Å². The van der Waals surface area contributed by atoms with Crippen molar-refractivity contribution in [2.24, 2.45) is 0 Å². The molecule has 0 aliphatic carbocycles. The van der Waals surface area contributed by atoms with Crippen molar-refractivity contribution in [2.75, 3.05) is 7.11 Å². The summed E-state index contributed by atoms with van der Waals surface area (Å²) < 4.78 is 18.5. The van der Waals surface area contributed by atoms with Gasteiger partial charge in [0.1, 0.15) is 0 Å². The molecule has 110 valence electrons. The molecular formula is C16H16FNO2S. The van der Waals surface area contributed by atoms with E-state index in [2.05, 4.69) is 5.32 Å². The Hall–Kier alpha value is -2.14. The molecule has 0 unspecified atom stereocenters. The summed E-state index contributed by atoms with van der Waals surface area (Å²) in [6.07, 6.45) is 3.23. The van der Waals surface area contributed by atoms with Crippen LogP contribution >= 0.6 is 11.3 Å². The Morgan fingerprint density at radius 1 is 1.43 bits per heavy atom. The zero-order chi connectivity index (χ0) is 15.2. The van der Waals surface area contributed by atoms with E-state index in [9.17, 15) is 9.18 Å². The highest BCUT2D eigenvalue weighted by Crippen LogP contribution is 2.21. The van der Waals surface area contributed by atoms with Gasteiger partial charge in [-0.15, -0.1) is 11.3 Å². The molecule has 1 amide bonds. The van der Waals surface area contributed by atoms with Crippen LogP contribution in [-0.2, 0) is 4.79 Å². The van der Waals surface area contributed by atoms with Crippen molar-refractivity contribution in [3.63, 3.8) is 0 Å². The number of carbonyl (C=O) groups excluding carboxylic acids is 1. The zero-order valence-corrected chi connectivity index (χ0v) is 12.6. The Morgan fingerprint density at radius 3 is 2.86 bits per heavy atom. The fraction of sp³-hybridized carbons (Fsp3) is 0.188. The highest BCUT2D eigenvalue weighted by atomic mass is 32.1. The van der Waals surface area contributed by atoms with E-state index < -0.39 is 5.82 Å². The average Bonchev–Trinajstić information content (AvgIpc) is 2.98. The topological polar surface area (TPSA) is 38.3 Å². The summed E-state index contributed by atoms with van der Waals surface area (Å²) in [7, 11) is 1.42. The van der Waals surface area contributed by atoms with Gasteiger partial charge in [-0.2, -0.15) is 0 Å². The summed E-state index contributed by atoms with van der Waals surface area (Å²) in [5, 5.41) is 4.74. The molecule has 21 heavy (non-hydrogen) atoms. The molecule has 2 rings (SSSR count). The normalized spacial score (nSPS) is 12.3. The van der Waals surface area contributed by atoms with Crippen molar-refractivity contribution in [3.8, 4) is 5.75 Å². The molecule has 0 saturated carbocycles. The predicted octanol–water partition coefficient (Wildman–Crippen LogP) is 3.79. The molecule has 1 aromatic heterocycles. The molecule has 1 heterocycles. The first-order valence-corrected chi connectivity index (χ1v) is 7.33. The van der Waals surface area contributed by atoms with Crippen molar-refractivity contribution < 1.29 is 13.9 Å². The standard InChI is InChI=1S/C16H16FNO2S/c1-11(12-5-7-15(20-2)14(17)10-12)18-16(19)8-6-13-4-3-9-21-13/h3-11H,1-2H3,(H,18,19)/b8-6+/t11-/m1/s1. The number of nitrogens with one attached hydrogen (secondary N) is 1. The predicted molar refractivity (Wildman–Crippen MR) is 82.9 cm³/mol. The Balaban J connectivity index is 1.99. The van der Waals surface area contributed by atoms with Gasteiger partial charge >= 0.3 is 0 Å². The van der Waals surface area contributed by atoms with Crippen LogP contribution in [0.2, 0.25) is 0 Å². The van der Waals surface area contributed by atoms with Crippen LogP contribution in [0.25, 0.3) is 6.08 Å². The highest BCUT2D eigenvalue weighted by Gasteiger charge is 2.11. The van der Waals surface area contributed by atoms with E-state index in [0.29, 0.717) is 5.56 Å². The second-order valence-electron chi connectivity index (χ2n) is 4.47. The number of halogens is 1. The molecule has 0 bridgehead atoms. The lowest BCUT2D eigenvalue weighted by Crippen LogP contribution is -2.24. The maximum atomic E-state index is 13.6. The number of rotatable bonds is 5. The van der Waals surface area contributed by atoms with E-state index in [-0.39, 0.29) is 17.7 Å². The van der Waals surface area contributed by atoms with Gasteiger partial charge < -0.3 is 10.1 Å². The molecular weight excluding hydrogens is 289 g/mol. The average molecular weight is 305 g/mol. The summed E-state index contributed by atoms with van der Waals surface area (Å²) in [6.45, 7) is 1.80. The molecule has 1 aromatic carbocycles. The summed E-state index contributed by atoms with van der Waals surface area (Å²) >= 11 is 1.56. The van der Waals surface area contributed by atoms with Gasteiger partial charge in [-0.1, -0.05) is 12.1 Å². The molecule has 1 atom stereocenters. The molecule has 2 aromatic rings. The minimum Gasteiger partial charge on any atom is -0.494 e. The number of hydrogen-bond donors (Lipinski definition) is 1. The molecule has 0 fully saturated rings. The van der Waals surface area contributed by atoms with Gasteiger partial charge in [-0.05, 0) is 42.1 Å². The number of carbonyl (C=O) groups is 1. The monoisotopic (exact) mass is 305 g/mol. The quantitative estimate of drug-likeness (QED) is 0.854. The summed E-state index contributed by atoms with van der Waals surface area (Å²) in [5.41, 5.74) is 0.686. The molecule has 0 radical (unpaired) electrons. The van der Waals surface area contributed by atoms with Crippen LogP contribution in [0, 0.1) is 5.82 Å². The van der Waals surface area contributed by atoms with Crippen LogP contribution in [0.15, 0.2) is 41.8 Å². The van der Waals surface area contributed by atoms with Crippen molar-refractivity contribution in [1.82, 2.24) is 5.32 Å². The van der Waals surface area contributed by atoms with Gasteiger partial charge in [-0.3, -0.25) is 4.79 Å². The molecule has 5 heteroatoms. The Kier molecular flexibility index (Phi) is 5.11. The van der Waals surface area contributed by atoms with Crippen LogP contribution < -0.4 is 10.1 Å². The minimum atomic E-state index is -0.440. The summed E-state index contributed by atoms with van der Waals surface area (Å²) in [5.74, 6) is -0.466. The molecule has 0 spiro atoms. The number of methoxy groups -OCH3 is 1. The van der Waals surface area contributed by atoms with Crippen molar-refractivity contribution >= 4 is 23.3 Å². The van der Waals surface area contributed by atoms with Crippen LogP contribution in [0.3, 0.4) is 0 Å². The fourth-order valence-electron chi connectivity index (χ4n) is 1.84. The number of ether oxygens (including phenoxy) is 1. The zero-order valence-electron chi connectivity index (χ0n) is 11.8. The molecule has 0 aliphatic heterocycles. The second kappa shape index (κ2) is 7.04. The Bertz CT molecular complexity index is 638. The maximum absolute atomic E-state index is 13.6. The van der Waals surface area contributed by atoms with Gasteiger partial charge in [0.2, 0.25) is 5.91 Å². The van der Waals surface area contributed by atoms with Crippen molar-refractivity contribution in [2.45, 2.75) is 13.0 Å². The molecule has 3 nitrogen and oxygen atoms in total. The first-order valence-electron chi connectivity index (χ1n) is 6.45. The Morgan fingerprint density at radius 2 is 2.24 bits per heavy atom. The van der Waals surface area contributed by atoms with Crippen molar-refractivity contribution in [3.05, 3.63) is 58.0 Å². The first kappa shape index (κ1) is 15.3. The third kappa shape index (κ3) is 4.16. The number of benzene rings is 1. The van der Waals surface area contributed by atoms with E-state index in [4.69, 9.17) is 4.74 Å². The van der Waals surface area contributed by atoms with E-state index in [1.165, 1.54) is 19.3 Å². The SMILES string of the molecule is COc1ccc([C@@H](C)NC(=O)/C=C/c2cccs2)cc1F.